The maximum absolute atomic E-state index is 12.8. The van der Waals surface area contributed by atoms with Crippen LogP contribution in [0.15, 0.2) is 78.9 Å². The molecule has 0 aromatic heterocycles. The molecule has 138 valence electrons. The number of benzene rings is 3. The van der Waals surface area contributed by atoms with E-state index in [1.54, 1.807) is 12.1 Å². The van der Waals surface area contributed by atoms with Gasteiger partial charge in [0, 0.05) is 24.5 Å². The van der Waals surface area contributed by atoms with Crippen LogP contribution in [0, 0.1) is 0 Å². The number of carbonyl (C=O) groups is 1. The van der Waals surface area contributed by atoms with Crippen molar-refractivity contribution in [2.24, 2.45) is 0 Å². The Bertz CT molecular complexity index is 872. The van der Waals surface area contributed by atoms with Crippen molar-refractivity contribution >= 4 is 17.3 Å². The second-order valence-electron chi connectivity index (χ2n) is 6.08. The normalized spacial score (nSPS) is 10.3. The van der Waals surface area contributed by atoms with Crippen LogP contribution in [0.25, 0.3) is 0 Å². The number of para-hydroxylation sites is 2. The zero-order valence-corrected chi connectivity index (χ0v) is 15.7. The van der Waals surface area contributed by atoms with Crippen molar-refractivity contribution in [1.82, 2.24) is 0 Å². The molecule has 1 amide bonds. The molecule has 27 heavy (non-hydrogen) atoms. The van der Waals surface area contributed by atoms with E-state index in [1.807, 2.05) is 66.7 Å². The Morgan fingerprint density at radius 2 is 1.48 bits per heavy atom. The molecule has 0 heterocycles. The number of nitrogens with one attached hydrogen (secondary N) is 1. The van der Waals surface area contributed by atoms with Crippen LogP contribution in [0.1, 0.15) is 24.2 Å². The first-order chi connectivity index (χ1) is 13.2. The first-order valence-electron chi connectivity index (χ1n) is 9.19. The molecule has 3 aromatic rings. The van der Waals surface area contributed by atoms with Crippen molar-refractivity contribution in [3.05, 3.63) is 84.4 Å². The Balaban J connectivity index is 1.75. The third kappa shape index (κ3) is 4.67. The Morgan fingerprint density at radius 3 is 2.15 bits per heavy atom. The van der Waals surface area contributed by atoms with Crippen LogP contribution in [0.2, 0.25) is 0 Å². The largest absolute Gasteiger partial charge is 0.457 e. The SMILES string of the molecule is CCN(CC)c1ccc(NC(=O)c2ccccc2Oc2ccccc2)cc1. The highest BCUT2D eigenvalue weighted by atomic mass is 16.5. The molecule has 0 saturated carbocycles. The Labute approximate surface area is 160 Å². The van der Waals surface area contributed by atoms with Crippen LogP contribution in [0.5, 0.6) is 11.5 Å². The molecule has 1 N–H and O–H groups in total. The minimum atomic E-state index is -0.197. The predicted octanol–water partition coefficient (Wildman–Crippen LogP) is 5.58. The molecule has 0 radical (unpaired) electrons. The highest BCUT2D eigenvalue weighted by molar-refractivity contribution is 6.06. The van der Waals surface area contributed by atoms with Gasteiger partial charge in [-0.25, -0.2) is 0 Å². The van der Waals surface area contributed by atoms with E-state index in [0.29, 0.717) is 17.1 Å². The lowest BCUT2D eigenvalue weighted by molar-refractivity contribution is 0.102. The minimum absolute atomic E-state index is 0.197. The lowest BCUT2D eigenvalue weighted by atomic mass is 10.1. The lowest BCUT2D eigenvalue weighted by Gasteiger charge is -2.21. The number of nitrogens with zero attached hydrogens (tertiary/aromatic N) is 1. The van der Waals surface area contributed by atoms with Crippen LogP contribution in [-0.4, -0.2) is 19.0 Å². The number of rotatable bonds is 7. The number of carbonyl (C=O) groups excluding carboxylic acids is 1. The smallest absolute Gasteiger partial charge is 0.259 e. The fourth-order valence-electron chi connectivity index (χ4n) is 2.90. The summed E-state index contributed by atoms with van der Waals surface area (Å²) >= 11 is 0. The fraction of sp³-hybridized carbons (Fsp3) is 0.174. The number of amides is 1. The van der Waals surface area contributed by atoms with E-state index in [1.165, 1.54) is 0 Å². The molecule has 4 nitrogen and oxygen atoms in total. The van der Waals surface area contributed by atoms with E-state index in [4.69, 9.17) is 4.74 Å². The molecule has 0 atom stereocenters. The van der Waals surface area contributed by atoms with Gasteiger partial charge >= 0.3 is 0 Å². The van der Waals surface area contributed by atoms with E-state index in [0.717, 1.165) is 24.5 Å². The van der Waals surface area contributed by atoms with Crippen molar-refractivity contribution in [2.45, 2.75) is 13.8 Å². The van der Waals surface area contributed by atoms with Gasteiger partial charge in [-0.1, -0.05) is 30.3 Å². The zero-order valence-electron chi connectivity index (χ0n) is 15.7. The molecule has 0 fully saturated rings. The summed E-state index contributed by atoms with van der Waals surface area (Å²) in [5.74, 6) is 1.03. The number of hydrogen-bond donors (Lipinski definition) is 1. The second kappa shape index (κ2) is 8.90. The Hall–Kier alpha value is -3.27. The third-order valence-electron chi connectivity index (χ3n) is 4.36. The molecule has 0 aliphatic carbocycles. The summed E-state index contributed by atoms with van der Waals surface area (Å²) in [6.07, 6.45) is 0. The Kier molecular flexibility index (Phi) is 6.10. The summed E-state index contributed by atoms with van der Waals surface area (Å²) in [6.45, 7) is 6.16. The van der Waals surface area contributed by atoms with Crippen molar-refractivity contribution in [3.63, 3.8) is 0 Å². The van der Waals surface area contributed by atoms with E-state index in [2.05, 4.69) is 24.1 Å². The molecule has 3 rings (SSSR count). The number of anilines is 2. The van der Waals surface area contributed by atoms with E-state index in [-0.39, 0.29) is 5.91 Å². The van der Waals surface area contributed by atoms with Gasteiger partial charge < -0.3 is 15.0 Å². The molecular weight excluding hydrogens is 336 g/mol. The van der Waals surface area contributed by atoms with Gasteiger partial charge in [-0.15, -0.1) is 0 Å². The average Bonchev–Trinajstić information content (AvgIpc) is 2.71. The predicted molar refractivity (Wildman–Crippen MR) is 111 cm³/mol. The molecule has 0 spiro atoms. The molecule has 0 aliphatic rings. The molecular formula is C23H24N2O2. The summed E-state index contributed by atoms with van der Waals surface area (Å²) < 4.78 is 5.88. The quantitative estimate of drug-likeness (QED) is 0.598. The third-order valence-corrected chi connectivity index (χ3v) is 4.36. The minimum Gasteiger partial charge on any atom is -0.457 e. The summed E-state index contributed by atoms with van der Waals surface area (Å²) in [5.41, 5.74) is 2.39. The first kappa shape index (κ1) is 18.5. The highest BCUT2D eigenvalue weighted by Gasteiger charge is 2.13. The van der Waals surface area contributed by atoms with Crippen LogP contribution in [0.4, 0.5) is 11.4 Å². The van der Waals surface area contributed by atoms with Crippen molar-refractivity contribution < 1.29 is 9.53 Å². The van der Waals surface area contributed by atoms with E-state index < -0.39 is 0 Å². The van der Waals surface area contributed by atoms with Gasteiger partial charge in [0.25, 0.3) is 5.91 Å². The van der Waals surface area contributed by atoms with Gasteiger partial charge in [-0.2, -0.15) is 0 Å². The molecule has 0 aliphatic heterocycles. The number of ether oxygens (including phenoxy) is 1. The molecule has 0 saturated heterocycles. The molecule has 4 heteroatoms. The topological polar surface area (TPSA) is 41.6 Å². The van der Waals surface area contributed by atoms with Crippen LogP contribution < -0.4 is 15.0 Å². The maximum atomic E-state index is 12.8. The van der Waals surface area contributed by atoms with Gasteiger partial charge in [0.1, 0.15) is 11.5 Å². The maximum Gasteiger partial charge on any atom is 0.259 e. The summed E-state index contributed by atoms with van der Waals surface area (Å²) in [4.78, 5) is 15.0. The monoisotopic (exact) mass is 360 g/mol. The van der Waals surface area contributed by atoms with Crippen molar-refractivity contribution in [1.29, 1.82) is 0 Å². The fourth-order valence-corrected chi connectivity index (χ4v) is 2.90. The van der Waals surface area contributed by atoms with Gasteiger partial charge in [0.15, 0.2) is 0 Å². The van der Waals surface area contributed by atoms with E-state index in [9.17, 15) is 4.79 Å². The second-order valence-corrected chi connectivity index (χ2v) is 6.08. The van der Waals surface area contributed by atoms with Gasteiger partial charge in [0.05, 0.1) is 5.56 Å². The van der Waals surface area contributed by atoms with Crippen LogP contribution in [-0.2, 0) is 0 Å². The summed E-state index contributed by atoms with van der Waals surface area (Å²) in [7, 11) is 0. The van der Waals surface area contributed by atoms with E-state index >= 15 is 0 Å². The van der Waals surface area contributed by atoms with Crippen molar-refractivity contribution in [3.8, 4) is 11.5 Å². The summed E-state index contributed by atoms with van der Waals surface area (Å²) in [5, 5.41) is 2.95. The lowest BCUT2D eigenvalue weighted by Crippen LogP contribution is -2.21. The standard InChI is InChI=1S/C23H24N2O2/c1-3-25(4-2)19-16-14-18(15-17-19)24-23(26)21-12-8-9-13-22(21)27-20-10-6-5-7-11-20/h5-17H,3-4H2,1-2H3,(H,24,26). The number of hydrogen-bond acceptors (Lipinski definition) is 3. The first-order valence-corrected chi connectivity index (χ1v) is 9.19. The Morgan fingerprint density at radius 1 is 0.852 bits per heavy atom. The highest BCUT2D eigenvalue weighted by Crippen LogP contribution is 2.26. The molecule has 0 unspecified atom stereocenters. The van der Waals surface area contributed by atoms with Gasteiger partial charge in [0.2, 0.25) is 0 Å². The van der Waals surface area contributed by atoms with Crippen molar-refractivity contribution in [2.75, 3.05) is 23.3 Å². The molecule has 3 aromatic carbocycles. The van der Waals surface area contributed by atoms with Gasteiger partial charge in [-0.3, -0.25) is 4.79 Å². The molecule has 0 bridgehead atoms. The van der Waals surface area contributed by atoms with Gasteiger partial charge in [-0.05, 0) is 62.4 Å². The summed E-state index contributed by atoms with van der Waals surface area (Å²) in [6, 6.07) is 24.6. The van der Waals surface area contributed by atoms with Crippen LogP contribution >= 0.6 is 0 Å². The average molecular weight is 360 g/mol. The van der Waals surface area contributed by atoms with Crippen LogP contribution in [0.3, 0.4) is 0 Å². The zero-order chi connectivity index (χ0) is 19.1.